The predicted molar refractivity (Wildman–Crippen MR) is 55.2 cm³/mol. The second-order valence-corrected chi connectivity index (χ2v) is 3.02. The van der Waals surface area contributed by atoms with Gasteiger partial charge in [0.15, 0.2) is 0 Å². The highest BCUT2D eigenvalue weighted by Crippen LogP contribution is 2.18. The maximum atomic E-state index is 5.26. The summed E-state index contributed by atoms with van der Waals surface area (Å²) >= 11 is 0. The van der Waals surface area contributed by atoms with E-state index in [9.17, 15) is 0 Å². The van der Waals surface area contributed by atoms with E-state index < -0.39 is 0 Å². The van der Waals surface area contributed by atoms with Crippen molar-refractivity contribution in [3.05, 3.63) is 29.8 Å². The lowest BCUT2D eigenvalue weighted by Gasteiger charge is -2.07. The fourth-order valence-electron chi connectivity index (χ4n) is 1.37. The van der Waals surface area contributed by atoms with Crippen LogP contribution in [0.25, 0.3) is 0 Å². The highest BCUT2D eigenvalue weighted by molar-refractivity contribution is 5.33. The average molecular weight is 179 g/mol. The van der Waals surface area contributed by atoms with Gasteiger partial charge in [-0.1, -0.05) is 18.2 Å². The van der Waals surface area contributed by atoms with Crippen LogP contribution in [0.5, 0.6) is 5.75 Å². The quantitative estimate of drug-likeness (QED) is 0.696. The SMILES string of the molecule is CNCCCc1ccccc1OC. The van der Waals surface area contributed by atoms with Crippen molar-refractivity contribution in [2.24, 2.45) is 0 Å². The molecule has 0 aliphatic carbocycles. The number of nitrogens with one attached hydrogen (secondary N) is 1. The van der Waals surface area contributed by atoms with Crippen LogP contribution in [0.2, 0.25) is 0 Å². The minimum atomic E-state index is 0.999. The Morgan fingerprint density at radius 2 is 2.08 bits per heavy atom. The molecule has 0 spiro atoms. The molecule has 0 amide bonds. The molecule has 1 N–H and O–H groups in total. The second kappa shape index (κ2) is 5.60. The third-order valence-electron chi connectivity index (χ3n) is 2.07. The van der Waals surface area contributed by atoms with Gasteiger partial charge in [0.2, 0.25) is 0 Å². The van der Waals surface area contributed by atoms with Gasteiger partial charge in [-0.05, 0) is 38.1 Å². The van der Waals surface area contributed by atoms with E-state index in [0.717, 1.165) is 25.1 Å². The first-order valence-corrected chi connectivity index (χ1v) is 4.65. The Bertz CT molecular complexity index is 248. The Kier molecular flexibility index (Phi) is 4.33. The lowest BCUT2D eigenvalue weighted by Crippen LogP contribution is -2.08. The van der Waals surface area contributed by atoms with Crippen LogP contribution in [0, 0.1) is 0 Å². The lowest BCUT2D eigenvalue weighted by atomic mass is 10.1. The van der Waals surface area contributed by atoms with Crippen LogP contribution in [0.4, 0.5) is 0 Å². The van der Waals surface area contributed by atoms with E-state index in [0.29, 0.717) is 0 Å². The van der Waals surface area contributed by atoms with Crippen LogP contribution in [-0.2, 0) is 6.42 Å². The Labute approximate surface area is 79.9 Å². The number of hydrogen-bond acceptors (Lipinski definition) is 2. The molecule has 1 aromatic carbocycles. The number of aryl methyl sites for hydroxylation is 1. The summed E-state index contributed by atoms with van der Waals surface area (Å²) in [6.07, 6.45) is 2.22. The molecule has 0 aliphatic rings. The minimum absolute atomic E-state index is 0.999. The van der Waals surface area contributed by atoms with Gasteiger partial charge in [0.25, 0.3) is 0 Å². The van der Waals surface area contributed by atoms with Crippen molar-refractivity contribution in [2.75, 3.05) is 20.7 Å². The zero-order chi connectivity index (χ0) is 9.52. The second-order valence-electron chi connectivity index (χ2n) is 3.02. The van der Waals surface area contributed by atoms with Crippen LogP contribution in [0.1, 0.15) is 12.0 Å². The van der Waals surface area contributed by atoms with Crippen molar-refractivity contribution in [2.45, 2.75) is 12.8 Å². The third-order valence-corrected chi connectivity index (χ3v) is 2.07. The average Bonchev–Trinajstić information content (AvgIpc) is 2.19. The van der Waals surface area contributed by atoms with Crippen molar-refractivity contribution >= 4 is 0 Å². The van der Waals surface area contributed by atoms with Crippen molar-refractivity contribution < 1.29 is 4.74 Å². The molecule has 1 aromatic rings. The number of methoxy groups -OCH3 is 1. The largest absolute Gasteiger partial charge is 0.496 e. The van der Waals surface area contributed by atoms with Gasteiger partial charge < -0.3 is 10.1 Å². The topological polar surface area (TPSA) is 21.3 Å². The molecule has 0 fully saturated rings. The summed E-state index contributed by atoms with van der Waals surface area (Å²) in [5.74, 6) is 0.999. The monoisotopic (exact) mass is 179 g/mol. The summed E-state index contributed by atoms with van der Waals surface area (Å²) in [7, 11) is 3.69. The molecule has 0 radical (unpaired) electrons. The maximum Gasteiger partial charge on any atom is 0.122 e. The molecule has 0 heterocycles. The summed E-state index contributed by atoms with van der Waals surface area (Å²) in [4.78, 5) is 0. The number of rotatable bonds is 5. The first-order valence-electron chi connectivity index (χ1n) is 4.65. The molecular formula is C11H17NO. The fraction of sp³-hybridized carbons (Fsp3) is 0.455. The van der Waals surface area contributed by atoms with Gasteiger partial charge in [0.1, 0.15) is 5.75 Å². The van der Waals surface area contributed by atoms with Gasteiger partial charge >= 0.3 is 0 Å². The van der Waals surface area contributed by atoms with Crippen molar-refractivity contribution in [3.63, 3.8) is 0 Å². The molecule has 0 unspecified atom stereocenters. The van der Waals surface area contributed by atoms with Gasteiger partial charge in [-0.15, -0.1) is 0 Å². The van der Waals surface area contributed by atoms with E-state index in [2.05, 4.69) is 17.4 Å². The standard InChI is InChI=1S/C11H17NO/c1-12-9-5-7-10-6-3-4-8-11(10)13-2/h3-4,6,8,12H,5,7,9H2,1-2H3. The van der Waals surface area contributed by atoms with Gasteiger partial charge in [-0.2, -0.15) is 0 Å². The summed E-state index contributed by atoms with van der Waals surface area (Å²) in [5.41, 5.74) is 1.29. The van der Waals surface area contributed by atoms with Crippen molar-refractivity contribution in [3.8, 4) is 5.75 Å². The number of hydrogen-bond donors (Lipinski definition) is 1. The predicted octanol–water partition coefficient (Wildman–Crippen LogP) is 1.85. The van der Waals surface area contributed by atoms with E-state index in [1.54, 1.807) is 7.11 Å². The molecule has 0 saturated carbocycles. The van der Waals surface area contributed by atoms with E-state index in [-0.39, 0.29) is 0 Å². The molecule has 0 bridgehead atoms. The Morgan fingerprint density at radius 1 is 1.31 bits per heavy atom. The van der Waals surface area contributed by atoms with E-state index in [1.807, 2.05) is 19.2 Å². The van der Waals surface area contributed by atoms with Crippen LogP contribution < -0.4 is 10.1 Å². The Morgan fingerprint density at radius 3 is 2.77 bits per heavy atom. The highest BCUT2D eigenvalue weighted by Gasteiger charge is 1.99. The fourth-order valence-corrected chi connectivity index (χ4v) is 1.37. The smallest absolute Gasteiger partial charge is 0.122 e. The highest BCUT2D eigenvalue weighted by atomic mass is 16.5. The van der Waals surface area contributed by atoms with E-state index in [4.69, 9.17) is 4.74 Å². The molecule has 0 aromatic heterocycles. The van der Waals surface area contributed by atoms with Gasteiger partial charge in [0, 0.05) is 0 Å². The number of ether oxygens (including phenoxy) is 1. The molecule has 0 saturated heterocycles. The number of para-hydroxylation sites is 1. The zero-order valence-electron chi connectivity index (χ0n) is 8.34. The summed E-state index contributed by atoms with van der Waals surface area (Å²) in [6, 6.07) is 8.18. The van der Waals surface area contributed by atoms with Crippen LogP contribution in [-0.4, -0.2) is 20.7 Å². The molecule has 2 nitrogen and oxygen atoms in total. The Hall–Kier alpha value is -1.02. The van der Waals surface area contributed by atoms with Crippen molar-refractivity contribution in [1.29, 1.82) is 0 Å². The Balaban J connectivity index is 2.54. The molecule has 1 rings (SSSR count). The summed E-state index contributed by atoms with van der Waals surface area (Å²) in [6.45, 7) is 1.05. The lowest BCUT2D eigenvalue weighted by molar-refractivity contribution is 0.409. The molecule has 13 heavy (non-hydrogen) atoms. The van der Waals surface area contributed by atoms with E-state index in [1.165, 1.54) is 5.56 Å². The summed E-state index contributed by atoms with van der Waals surface area (Å²) in [5, 5.41) is 3.13. The van der Waals surface area contributed by atoms with Crippen LogP contribution in [0.15, 0.2) is 24.3 Å². The minimum Gasteiger partial charge on any atom is -0.496 e. The van der Waals surface area contributed by atoms with Crippen molar-refractivity contribution in [1.82, 2.24) is 5.32 Å². The molecule has 2 heteroatoms. The maximum absolute atomic E-state index is 5.26. The number of benzene rings is 1. The first-order chi connectivity index (χ1) is 6.38. The van der Waals surface area contributed by atoms with Crippen LogP contribution in [0.3, 0.4) is 0 Å². The van der Waals surface area contributed by atoms with Gasteiger partial charge in [0.05, 0.1) is 7.11 Å². The van der Waals surface area contributed by atoms with E-state index >= 15 is 0 Å². The third kappa shape index (κ3) is 3.07. The molecule has 72 valence electrons. The molecular weight excluding hydrogens is 162 g/mol. The zero-order valence-corrected chi connectivity index (χ0v) is 8.34. The van der Waals surface area contributed by atoms with Gasteiger partial charge in [-0.25, -0.2) is 0 Å². The molecule has 0 atom stereocenters. The normalized spacial score (nSPS) is 10.0. The first kappa shape index (κ1) is 10.1. The van der Waals surface area contributed by atoms with Gasteiger partial charge in [-0.3, -0.25) is 0 Å². The van der Waals surface area contributed by atoms with Crippen LogP contribution >= 0.6 is 0 Å². The summed E-state index contributed by atoms with van der Waals surface area (Å²) < 4.78 is 5.26. The molecule has 0 aliphatic heterocycles.